The van der Waals surface area contributed by atoms with Crippen LogP contribution < -0.4 is 0 Å². The van der Waals surface area contributed by atoms with Crippen molar-refractivity contribution in [2.75, 3.05) is 11.5 Å². The van der Waals surface area contributed by atoms with Crippen molar-refractivity contribution >= 4 is 24.1 Å². The maximum absolute atomic E-state index is 5.78. The second-order valence-corrected chi connectivity index (χ2v) is 21.2. The molecular formula is C56H114OS2. The quantitative estimate of drug-likeness (QED) is 0.0445. The number of hydrogen-bond acceptors (Lipinski definition) is 3. The van der Waals surface area contributed by atoms with Crippen LogP contribution in [0.25, 0.3) is 0 Å². The first-order valence-electron chi connectivity index (χ1n) is 28.3. The lowest BCUT2D eigenvalue weighted by Gasteiger charge is -2.05. The first kappa shape index (κ1) is 59.7. The first-order valence-corrected chi connectivity index (χ1v) is 30.1. The van der Waals surface area contributed by atoms with E-state index in [4.69, 9.17) is 3.63 Å². The van der Waals surface area contributed by atoms with Crippen molar-refractivity contribution in [2.45, 2.75) is 348 Å². The third-order valence-electron chi connectivity index (χ3n) is 13.3. The molecule has 0 aliphatic heterocycles. The molecule has 0 radical (unpaired) electrons. The van der Waals surface area contributed by atoms with Crippen LogP contribution in [0.5, 0.6) is 0 Å². The molecule has 59 heavy (non-hydrogen) atoms. The lowest BCUT2D eigenvalue weighted by atomic mass is 10.0. The van der Waals surface area contributed by atoms with Gasteiger partial charge in [-0.05, 0) is 12.8 Å². The van der Waals surface area contributed by atoms with E-state index in [0.29, 0.717) is 0 Å². The third-order valence-corrected chi connectivity index (χ3v) is 14.9. The summed E-state index contributed by atoms with van der Waals surface area (Å²) in [6, 6.07) is 0. The van der Waals surface area contributed by atoms with Gasteiger partial charge >= 0.3 is 0 Å². The zero-order valence-electron chi connectivity index (χ0n) is 41.4. The van der Waals surface area contributed by atoms with E-state index in [1.54, 1.807) is 24.1 Å². The molecule has 0 heterocycles. The van der Waals surface area contributed by atoms with Gasteiger partial charge in [0.05, 0.1) is 0 Å². The van der Waals surface area contributed by atoms with Gasteiger partial charge < -0.3 is 0 Å². The predicted molar refractivity (Wildman–Crippen MR) is 277 cm³/mol. The highest BCUT2D eigenvalue weighted by molar-refractivity contribution is 8.07. The Bertz CT molecular complexity index is 629. The largest absolute Gasteiger partial charge is 0.247 e. The summed E-state index contributed by atoms with van der Waals surface area (Å²) >= 11 is 3.41. The van der Waals surface area contributed by atoms with E-state index < -0.39 is 0 Å². The van der Waals surface area contributed by atoms with Gasteiger partial charge in [-0.25, -0.2) is 3.63 Å². The highest BCUT2D eigenvalue weighted by Gasteiger charge is 2.00. The fourth-order valence-corrected chi connectivity index (χ4v) is 10.5. The van der Waals surface area contributed by atoms with Gasteiger partial charge in [0, 0.05) is 35.6 Å². The summed E-state index contributed by atoms with van der Waals surface area (Å²) in [5.41, 5.74) is 0. The Morgan fingerprint density at radius 3 is 0.424 bits per heavy atom. The normalized spacial score (nSPS) is 11.7. The molecular weight excluding hydrogens is 753 g/mol. The highest BCUT2D eigenvalue weighted by atomic mass is 32.2. The Balaban J connectivity index is 3.06. The van der Waals surface area contributed by atoms with Crippen molar-refractivity contribution in [3.63, 3.8) is 0 Å². The molecule has 0 saturated carbocycles. The monoisotopic (exact) mass is 867 g/mol. The average molecular weight is 868 g/mol. The van der Waals surface area contributed by atoms with E-state index in [0.717, 1.165) is 0 Å². The Labute approximate surface area is 385 Å². The second-order valence-electron chi connectivity index (χ2n) is 19.4. The molecule has 0 fully saturated rings. The molecule has 0 aliphatic rings. The van der Waals surface area contributed by atoms with Crippen LogP contribution in [0.1, 0.15) is 348 Å². The van der Waals surface area contributed by atoms with Gasteiger partial charge in [0.15, 0.2) is 0 Å². The topological polar surface area (TPSA) is 9.23 Å². The van der Waals surface area contributed by atoms with Crippen molar-refractivity contribution in [1.82, 2.24) is 0 Å². The molecule has 0 rings (SSSR count). The molecule has 0 N–H and O–H groups in total. The highest BCUT2D eigenvalue weighted by Crippen LogP contribution is 2.21. The van der Waals surface area contributed by atoms with E-state index in [-0.39, 0.29) is 0 Å². The van der Waals surface area contributed by atoms with Gasteiger partial charge in [-0.3, -0.25) is 0 Å². The second kappa shape index (κ2) is 58.7. The van der Waals surface area contributed by atoms with Crippen LogP contribution in [-0.2, 0) is 3.63 Å². The molecule has 0 unspecified atom stereocenters. The van der Waals surface area contributed by atoms with Crippen LogP contribution in [0.2, 0.25) is 0 Å². The van der Waals surface area contributed by atoms with Gasteiger partial charge in [-0.1, -0.05) is 335 Å². The van der Waals surface area contributed by atoms with Gasteiger partial charge in [0.25, 0.3) is 0 Å². The fourth-order valence-electron chi connectivity index (χ4n) is 9.06. The van der Waals surface area contributed by atoms with Crippen LogP contribution in [0.4, 0.5) is 0 Å². The summed E-state index contributed by atoms with van der Waals surface area (Å²) in [5, 5.41) is 0. The molecule has 356 valence electrons. The maximum atomic E-state index is 5.78. The third kappa shape index (κ3) is 58.7. The summed E-state index contributed by atoms with van der Waals surface area (Å²) < 4.78 is 5.78. The predicted octanol–water partition coefficient (Wildman–Crippen LogP) is 22.6. The minimum atomic E-state index is 1.17. The molecule has 0 aromatic heterocycles. The summed E-state index contributed by atoms with van der Waals surface area (Å²) in [4.78, 5) is 0. The zero-order chi connectivity index (χ0) is 42.3. The lowest BCUT2D eigenvalue weighted by Crippen LogP contribution is -1.86. The first-order chi connectivity index (χ1) is 29.4. The SMILES string of the molecule is CCCCCCCCCCCCCCCCCCCCCCCCCCCCSOSCCCCCCCCCCCCCCCCCCCCCCCCCCCC. The Morgan fingerprint density at radius 2 is 0.288 bits per heavy atom. The van der Waals surface area contributed by atoms with Crippen LogP contribution in [0.3, 0.4) is 0 Å². The minimum absolute atomic E-state index is 1.17. The number of hydrogen-bond donors (Lipinski definition) is 0. The van der Waals surface area contributed by atoms with E-state index in [2.05, 4.69) is 13.8 Å². The van der Waals surface area contributed by atoms with Crippen LogP contribution in [0.15, 0.2) is 0 Å². The summed E-state index contributed by atoms with van der Waals surface area (Å²) in [5.74, 6) is 2.34. The molecule has 0 saturated heterocycles. The van der Waals surface area contributed by atoms with Gasteiger partial charge in [-0.2, -0.15) is 0 Å². The van der Waals surface area contributed by atoms with Crippen molar-refractivity contribution in [1.29, 1.82) is 0 Å². The minimum Gasteiger partial charge on any atom is -0.247 e. The van der Waals surface area contributed by atoms with Gasteiger partial charge in [0.2, 0.25) is 0 Å². The molecule has 0 aromatic carbocycles. The van der Waals surface area contributed by atoms with E-state index in [1.807, 2.05) is 0 Å². The molecule has 0 bridgehead atoms. The Kier molecular flexibility index (Phi) is 59.3. The van der Waals surface area contributed by atoms with Crippen molar-refractivity contribution in [3.8, 4) is 0 Å². The average Bonchev–Trinajstić information content (AvgIpc) is 3.25. The van der Waals surface area contributed by atoms with Gasteiger partial charge in [-0.15, -0.1) is 0 Å². The summed E-state index contributed by atoms with van der Waals surface area (Å²) in [6.07, 6.45) is 76.0. The van der Waals surface area contributed by atoms with Crippen LogP contribution >= 0.6 is 24.1 Å². The molecule has 0 amide bonds. The maximum Gasteiger partial charge on any atom is 0.0210 e. The fraction of sp³-hybridized carbons (Fsp3) is 1.00. The van der Waals surface area contributed by atoms with Gasteiger partial charge in [0.1, 0.15) is 0 Å². The molecule has 1 nitrogen and oxygen atoms in total. The number of unbranched alkanes of at least 4 members (excludes halogenated alkanes) is 50. The smallest absolute Gasteiger partial charge is 0.0210 e. The van der Waals surface area contributed by atoms with Crippen LogP contribution in [-0.4, -0.2) is 11.5 Å². The Hall–Kier alpha value is 0.660. The summed E-state index contributed by atoms with van der Waals surface area (Å²) in [7, 11) is 0. The van der Waals surface area contributed by atoms with Crippen molar-refractivity contribution in [3.05, 3.63) is 0 Å². The van der Waals surface area contributed by atoms with Crippen molar-refractivity contribution < 1.29 is 3.63 Å². The standard InChI is InChI=1S/C56H114OS2/c1-3-5-7-9-11-13-15-17-19-21-23-25-27-29-31-33-35-37-39-41-43-45-47-49-51-53-55-58-57-59-56-54-52-50-48-46-44-42-40-38-36-34-32-30-28-26-24-22-20-18-16-14-12-10-8-6-4-2/h3-56H2,1-2H3. The van der Waals surface area contributed by atoms with Crippen molar-refractivity contribution in [2.24, 2.45) is 0 Å². The van der Waals surface area contributed by atoms with E-state index in [9.17, 15) is 0 Å². The molecule has 0 atom stereocenters. The Morgan fingerprint density at radius 1 is 0.169 bits per heavy atom. The van der Waals surface area contributed by atoms with E-state index in [1.165, 1.54) is 345 Å². The molecule has 0 aliphatic carbocycles. The van der Waals surface area contributed by atoms with Crippen LogP contribution in [0, 0.1) is 0 Å². The van der Waals surface area contributed by atoms with E-state index >= 15 is 0 Å². The lowest BCUT2D eigenvalue weighted by molar-refractivity contribution is 0.516. The zero-order valence-corrected chi connectivity index (χ0v) is 43.0. The number of rotatable bonds is 56. The molecule has 0 aromatic rings. The summed E-state index contributed by atoms with van der Waals surface area (Å²) in [6.45, 7) is 4.62. The molecule has 0 spiro atoms. The molecule has 3 heteroatoms.